The Balaban J connectivity index is 1.97. The summed E-state index contributed by atoms with van der Waals surface area (Å²) in [6.45, 7) is 1.69. The lowest BCUT2D eigenvalue weighted by atomic mass is 10.2. The average Bonchev–Trinajstić information content (AvgIpc) is 3.28. The number of carbonyl (C=O) groups is 2. The first kappa shape index (κ1) is 15.3. The van der Waals surface area contributed by atoms with Gasteiger partial charge in [-0.2, -0.15) is 0 Å². The third-order valence-corrected chi connectivity index (χ3v) is 3.55. The first-order valence-electron chi connectivity index (χ1n) is 6.93. The number of anilines is 1. The number of amides is 1. The third-order valence-electron chi connectivity index (χ3n) is 3.55. The Morgan fingerprint density at radius 2 is 2.19 bits per heavy atom. The molecule has 1 aliphatic carbocycles. The van der Waals surface area contributed by atoms with Crippen molar-refractivity contribution in [2.45, 2.75) is 31.8 Å². The minimum absolute atomic E-state index is 0.0787. The van der Waals surface area contributed by atoms with E-state index in [4.69, 9.17) is 9.84 Å². The molecule has 6 heteroatoms. The van der Waals surface area contributed by atoms with Gasteiger partial charge in [0.1, 0.15) is 11.8 Å². The molecule has 114 valence electrons. The van der Waals surface area contributed by atoms with Crippen LogP contribution in [0.1, 0.15) is 19.8 Å². The summed E-state index contributed by atoms with van der Waals surface area (Å²) in [4.78, 5) is 24.9. The maximum absolute atomic E-state index is 12.1. The summed E-state index contributed by atoms with van der Waals surface area (Å²) in [5.74, 6) is -0.468. The van der Waals surface area contributed by atoms with Crippen molar-refractivity contribution in [3.8, 4) is 5.75 Å². The van der Waals surface area contributed by atoms with Crippen molar-refractivity contribution in [1.29, 1.82) is 0 Å². The summed E-state index contributed by atoms with van der Waals surface area (Å²) in [6, 6.07) is 6.61. The second kappa shape index (κ2) is 6.58. The highest BCUT2D eigenvalue weighted by molar-refractivity contribution is 5.92. The van der Waals surface area contributed by atoms with E-state index in [0.29, 0.717) is 11.4 Å². The topological polar surface area (TPSA) is 78.9 Å². The van der Waals surface area contributed by atoms with E-state index in [1.165, 1.54) is 0 Å². The van der Waals surface area contributed by atoms with E-state index < -0.39 is 12.0 Å². The number of hydrogen-bond donors (Lipinski definition) is 2. The van der Waals surface area contributed by atoms with Gasteiger partial charge in [-0.05, 0) is 31.9 Å². The maximum atomic E-state index is 12.1. The van der Waals surface area contributed by atoms with Gasteiger partial charge in [0.05, 0.1) is 13.7 Å². The van der Waals surface area contributed by atoms with Crippen LogP contribution < -0.4 is 10.1 Å². The van der Waals surface area contributed by atoms with E-state index in [1.54, 1.807) is 43.2 Å². The Kier molecular flexibility index (Phi) is 4.80. The standard InChI is InChI=1S/C15H20N2O4/c1-10(15(19)20)17(12-6-7-12)9-14(18)16-11-4-3-5-13(8-11)21-2/h3-5,8,10,12H,6-7,9H2,1-2H3,(H,16,18)(H,19,20). The SMILES string of the molecule is COc1cccc(NC(=O)CN(C2CC2)C(C)C(=O)O)c1. The molecule has 1 aliphatic rings. The smallest absolute Gasteiger partial charge is 0.320 e. The summed E-state index contributed by atoms with van der Waals surface area (Å²) >= 11 is 0. The number of carboxylic acid groups (broad SMARTS) is 1. The van der Waals surface area contributed by atoms with Gasteiger partial charge in [-0.1, -0.05) is 6.07 Å². The fraction of sp³-hybridized carbons (Fsp3) is 0.467. The molecule has 0 spiro atoms. The van der Waals surface area contributed by atoms with Crippen molar-refractivity contribution in [3.05, 3.63) is 24.3 Å². The molecule has 0 radical (unpaired) electrons. The molecule has 6 nitrogen and oxygen atoms in total. The predicted octanol–water partition coefficient (Wildman–Crippen LogP) is 1.57. The number of carboxylic acids is 1. The second-order valence-corrected chi connectivity index (χ2v) is 5.20. The molecule has 1 aromatic carbocycles. The number of rotatable bonds is 7. The molecular formula is C15H20N2O4. The van der Waals surface area contributed by atoms with Crippen LogP contribution in [0.5, 0.6) is 5.75 Å². The van der Waals surface area contributed by atoms with Gasteiger partial charge >= 0.3 is 5.97 Å². The zero-order valence-corrected chi connectivity index (χ0v) is 12.2. The average molecular weight is 292 g/mol. The number of ether oxygens (including phenoxy) is 1. The van der Waals surface area contributed by atoms with Crippen molar-refractivity contribution in [2.75, 3.05) is 19.0 Å². The van der Waals surface area contributed by atoms with E-state index in [2.05, 4.69) is 5.32 Å². The molecule has 0 bridgehead atoms. The van der Waals surface area contributed by atoms with Gasteiger partial charge in [0.25, 0.3) is 0 Å². The lowest BCUT2D eigenvalue weighted by molar-refractivity contribution is -0.143. The van der Waals surface area contributed by atoms with Crippen molar-refractivity contribution in [3.63, 3.8) is 0 Å². The minimum atomic E-state index is -0.906. The molecule has 1 atom stereocenters. The first-order valence-corrected chi connectivity index (χ1v) is 6.93. The maximum Gasteiger partial charge on any atom is 0.320 e. The fourth-order valence-corrected chi connectivity index (χ4v) is 2.20. The summed E-state index contributed by atoms with van der Waals surface area (Å²) in [7, 11) is 1.56. The minimum Gasteiger partial charge on any atom is -0.497 e. The van der Waals surface area contributed by atoms with Gasteiger partial charge in [-0.3, -0.25) is 14.5 Å². The molecule has 1 fully saturated rings. The first-order chi connectivity index (χ1) is 10.0. The molecule has 0 saturated heterocycles. The van der Waals surface area contributed by atoms with Crippen LogP contribution in [0.4, 0.5) is 5.69 Å². The zero-order valence-electron chi connectivity index (χ0n) is 12.2. The van der Waals surface area contributed by atoms with Gasteiger partial charge in [0.2, 0.25) is 5.91 Å². The summed E-state index contributed by atoms with van der Waals surface area (Å²) in [5, 5.41) is 11.9. The van der Waals surface area contributed by atoms with Crippen molar-refractivity contribution < 1.29 is 19.4 Å². The summed E-state index contributed by atoms with van der Waals surface area (Å²) in [6.07, 6.45) is 1.90. The fourth-order valence-electron chi connectivity index (χ4n) is 2.20. The Labute approximate surface area is 123 Å². The van der Waals surface area contributed by atoms with Gasteiger partial charge in [-0.25, -0.2) is 0 Å². The summed E-state index contributed by atoms with van der Waals surface area (Å²) in [5.41, 5.74) is 0.637. The molecule has 1 amide bonds. The lowest BCUT2D eigenvalue weighted by Gasteiger charge is -2.25. The molecule has 0 aromatic heterocycles. The van der Waals surface area contributed by atoms with Crippen LogP contribution in [0.2, 0.25) is 0 Å². The Morgan fingerprint density at radius 1 is 1.48 bits per heavy atom. The quantitative estimate of drug-likeness (QED) is 0.797. The number of hydrogen-bond acceptors (Lipinski definition) is 4. The Hall–Kier alpha value is -2.08. The number of carbonyl (C=O) groups excluding carboxylic acids is 1. The molecule has 0 heterocycles. The molecule has 0 aliphatic heterocycles. The number of methoxy groups -OCH3 is 1. The molecule has 1 saturated carbocycles. The van der Waals surface area contributed by atoms with Gasteiger partial charge in [0.15, 0.2) is 0 Å². The van der Waals surface area contributed by atoms with Crippen LogP contribution in [0.15, 0.2) is 24.3 Å². The Bertz CT molecular complexity index is 528. The number of benzene rings is 1. The van der Waals surface area contributed by atoms with Crippen molar-refractivity contribution >= 4 is 17.6 Å². The molecule has 1 unspecified atom stereocenters. The molecule has 2 rings (SSSR count). The molecular weight excluding hydrogens is 272 g/mol. The van der Waals surface area contributed by atoms with Crippen LogP contribution in [0, 0.1) is 0 Å². The highest BCUT2D eigenvalue weighted by Crippen LogP contribution is 2.28. The normalized spacial score (nSPS) is 15.6. The molecule has 21 heavy (non-hydrogen) atoms. The monoisotopic (exact) mass is 292 g/mol. The van der Waals surface area contributed by atoms with E-state index >= 15 is 0 Å². The van der Waals surface area contributed by atoms with E-state index in [1.807, 2.05) is 0 Å². The van der Waals surface area contributed by atoms with Gasteiger partial charge < -0.3 is 15.2 Å². The van der Waals surface area contributed by atoms with Crippen LogP contribution in [0.25, 0.3) is 0 Å². The number of aliphatic carboxylic acids is 1. The van der Waals surface area contributed by atoms with Crippen LogP contribution >= 0.6 is 0 Å². The van der Waals surface area contributed by atoms with Gasteiger partial charge in [-0.15, -0.1) is 0 Å². The third kappa shape index (κ3) is 4.19. The van der Waals surface area contributed by atoms with Crippen molar-refractivity contribution in [1.82, 2.24) is 4.90 Å². The van der Waals surface area contributed by atoms with Crippen LogP contribution in [0.3, 0.4) is 0 Å². The van der Waals surface area contributed by atoms with E-state index in [0.717, 1.165) is 12.8 Å². The van der Waals surface area contributed by atoms with Crippen LogP contribution in [-0.2, 0) is 9.59 Å². The number of nitrogens with one attached hydrogen (secondary N) is 1. The van der Waals surface area contributed by atoms with E-state index in [9.17, 15) is 9.59 Å². The highest BCUT2D eigenvalue weighted by Gasteiger charge is 2.36. The van der Waals surface area contributed by atoms with E-state index in [-0.39, 0.29) is 18.5 Å². The molecule has 1 aromatic rings. The van der Waals surface area contributed by atoms with Crippen LogP contribution in [-0.4, -0.2) is 47.6 Å². The Morgan fingerprint density at radius 3 is 2.76 bits per heavy atom. The summed E-state index contributed by atoms with van der Waals surface area (Å²) < 4.78 is 5.10. The zero-order chi connectivity index (χ0) is 15.4. The predicted molar refractivity (Wildman–Crippen MR) is 78.4 cm³/mol. The lowest BCUT2D eigenvalue weighted by Crippen LogP contribution is -2.44. The number of nitrogens with zero attached hydrogens (tertiary/aromatic N) is 1. The van der Waals surface area contributed by atoms with Gasteiger partial charge in [0, 0.05) is 17.8 Å². The second-order valence-electron chi connectivity index (χ2n) is 5.20. The molecule has 2 N–H and O–H groups in total. The highest BCUT2D eigenvalue weighted by atomic mass is 16.5. The largest absolute Gasteiger partial charge is 0.497 e. The van der Waals surface area contributed by atoms with Crippen molar-refractivity contribution in [2.24, 2.45) is 0 Å².